The Morgan fingerprint density at radius 3 is 2.27 bits per heavy atom. The van der Waals surface area contributed by atoms with E-state index in [4.69, 9.17) is 4.74 Å². The van der Waals surface area contributed by atoms with Gasteiger partial charge >= 0.3 is 0 Å². The standard InChI is InChI=1S/C11H22O4/c1-9(5-10-3-2-4-15-10)11(6-12,7-13)8-14/h9-10,12-14H,2-8H2,1H3. The molecule has 0 saturated carbocycles. The molecule has 90 valence electrons. The van der Waals surface area contributed by atoms with Crippen LogP contribution in [0.1, 0.15) is 26.2 Å². The first-order valence-corrected chi connectivity index (χ1v) is 5.62. The van der Waals surface area contributed by atoms with Crippen LogP contribution in [0.3, 0.4) is 0 Å². The zero-order valence-corrected chi connectivity index (χ0v) is 9.35. The molecule has 0 aliphatic carbocycles. The summed E-state index contributed by atoms with van der Waals surface area (Å²) in [6.45, 7) is 2.20. The van der Waals surface area contributed by atoms with Gasteiger partial charge in [-0.05, 0) is 25.2 Å². The van der Waals surface area contributed by atoms with Crippen molar-refractivity contribution >= 4 is 0 Å². The summed E-state index contributed by atoms with van der Waals surface area (Å²) in [6.07, 6.45) is 3.15. The molecule has 0 aromatic carbocycles. The molecule has 0 bridgehead atoms. The van der Waals surface area contributed by atoms with Crippen molar-refractivity contribution in [2.45, 2.75) is 32.3 Å². The van der Waals surface area contributed by atoms with Crippen LogP contribution in [0.25, 0.3) is 0 Å². The van der Waals surface area contributed by atoms with Gasteiger partial charge in [0.15, 0.2) is 0 Å². The zero-order valence-electron chi connectivity index (χ0n) is 9.35. The number of hydrogen-bond acceptors (Lipinski definition) is 4. The van der Waals surface area contributed by atoms with Crippen molar-refractivity contribution in [3.05, 3.63) is 0 Å². The number of rotatable bonds is 6. The van der Waals surface area contributed by atoms with Gasteiger partial charge in [-0.3, -0.25) is 0 Å². The second-order valence-electron chi connectivity index (χ2n) is 4.61. The molecule has 0 radical (unpaired) electrons. The molecule has 3 N–H and O–H groups in total. The van der Waals surface area contributed by atoms with E-state index in [0.717, 1.165) is 25.9 Å². The van der Waals surface area contributed by atoms with Crippen LogP contribution in [0, 0.1) is 11.3 Å². The molecule has 1 heterocycles. The van der Waals surface area contributed by atoms with Crippen molar-refractivity contribution in [1.29, 1.82) is 0 Å². The van der Waals surface area contributed by atoms with Gasteiger partial charge in [-0.1, -0.05) is 6.92 Å². The lowest BCUT2D eigenvalue weighted by atomic mass is 9.75. The van der Waals surface area contributed by atoms with Gasteiger partial charge in [-0.2, -0.15) is 0 Å². The van der Waals surface area contributed by atoms with E-state index >= 15 is 0 Å². The monoisotopic (exact) mass is 218 g/mol. The zero-order chi connectivity index (χ0) is 11.3. The SMILES string of the molecule is CC(CC1CCCO1)C(CO)(CO)CO. The lowest BCUT2D eigenvalue weighted by molar-refractivity contribution is -0.0486. The van der Waals surface area contributed by atoms with Gasteiger partial charge < -0.3 is 20.1 Å². The third-order valence-electron chi connectivity index (χ3n) is 3.63. The molecule has 15 heavy (non-hydrogen) atoms. The predicted octanol–water partition coefficient (Wildman–Crippen LogP) is 0.155. The fraction of sp³-hybridized carbons (Fsp3) is 1.00. The van der Waals surface area contributed by atoms with Crippen LogP contribution in [0.5, 0.6) is 0 Å². The van der Waals surface area contributed by atoms with E-state index in [0.29, 0.717) is 0 Å². The van der Waals surface area contributed by atoms with Crippen LogP contribution in [0.15, 0.2) is 0 Å². The Labute approximate surface area is 90.9 Å². The molecule has 0 amide bonds. The predicted molar refractivity (Wildman–Crippen MR) is 56.4 cm³/mol. The van der Waals surface area contributed by atoms with Gasteiger partial charge in [0.1, 0.15) is 0 Å². The largest absolute Gasteiger partial charge is 0.396 e. The van der Waals surface area contributed by atoms with Crippen LogP contribution in [0.2, 0.25) is 0 Å². The Morgan fingerprint density at radius 2 is 1.87 bits per heavy atom. The topological polar surface area (TPSA) is 69.9 Å². The highest BCUT2D eigenvalue weighted by Crippen LogP contribution is 2.32. The summed E-state index contributed by atoms with van der Waals surface area (Å²) in [5.74, 6) is 0.0561. The summed E-state index contributed by atoms with van der Waals surface area (Å²) in [5.41, 5.74) is -0.772. The number of hydrogen-bond donors (Lipinski definition) is 3. The molecule has 0 aromatic rings. The van der Waals surface area contributed by atoms with Crippen LogP contribution < -0.4 is 0 Å². The maximum atomic E-state index is 9.26. The summed E-state index contributed by atoms with van der Waals surface area (Å²) in [6, 6.07) is 0. The minimum Gasteiger partial charge on any atom is -0.396 e. The van der Waals surface area contributed by atoms with Crippen molar-refractivity contribution in [3.63, 3.8) is 0 Å². The second kappa shape index (κ2) is 5.80. The third kappa shape index (κ3) is 2.91. The van der Waals surface area contributed by atoms with Crippen LogP contribution in [0.4, 0.5) is 0 Å². The molecule has 1 aliphatic rings. The average molecular weight is 218 g/mol. The highest BCUT2D eigenvalue weighted by atomic mass is 16.5. The fourth-order valence-corrected chi connectivity index (χ4v) is 2.09. The lowest BCUT2D eigenvalue weighted by Crippen LogP contribution is -2.41. The normalized spacial score (nSPS) is 24.4. The molecule has 0 aromatic heterocycles. The van der Waals surface area contributed by atoms with Gasteiger partial charge in [0, 0.05) is 12.0 Å². The molecule has 1 saturated heterocycles. The number of aliphatic hydroxyl groups is 3. The van der Waals surface area contributed by atoms with Crippen molar-refractivity contribution in [2.75, 3.05) is 26.4 Å². The van der Waals surface area contributed by atoms with Gasteiger partial charge in [-0.15, -0.1) is 0 Å². The second-order valence-corrected chi connectivity index (χ2v) is 4.61. The molecule has 0 spiro atoms. The van der Waals surface area contributed by atoms with E-state index in [1.54, 1.807) is 0 Å². The van der Waals surface area contributed by atoms with Crippen LogP contribution in [-0.4, -0.2) is 47.9 Å². The summed E-state index contributed by atoms with van der Waals surface area (Å²) in [5, 5.41) is 27.8. The van der Waals surface area contributed by atoms with E-state index in [1.807, 2.05) is 6.92 Å². The summed E-state index contributed by atoms with van der Waals surface area (Å²) in [7, 11) is 0. The summed E-state index contributed by atoms with van der Waals surface area (Å²) < 4.78 is 5.51. The van der Waals surface area contributed by atoms with Gasteiger partial charge in [0.2, 0.25) is 0 Å². The minimum absolute atomic E-state index is 0.0561. The molecule has 1 fully saturated rings. The maximum absolute atomic E-state index is 9.26. The average Bonchev–Trinajstić information content (AvgIpc) is 2.74. The van der Waals surface area contributed by atoms with Crippen LogP contribution in [-0.2, 0) is 4.74 Å². The Kier molecular flexibility index (Phi) is 4.99. The van der Waals surface area contributed by atoms with E-state index in [1.165, 1.54) is 0 Å². The molecule has 4 nitrogen and oxygen atoms in total. The van der Waals surface area contributed by atoms with Gasteiger partial charge in [-0.25, -0.2) is 0 Å². The van der Waals surface area contributed by atoms with Crippen LogP contribution >= 0.6 is 0 Å². The summed E-state index contributed by atoms with van der Waals surface area (Å²) >= 11 is 0. The van der Waals surface area contributed by atoms with Gasteiger partial charge in [0.25, 0.3) is 0 Å². The maximum Gasteiger partial charge on any atom is 0.0578 e. The Balaban J connectivity index is 2.51. The lowest BCUT2D eigenvalue weighted by Gasteiger charge is -2.35. The number of ether oxygens (including phenoxy) is 1. The van der Waals surface area contributed by atoms with Crippen molar-refractivity contribution in [3.8, 4) is 0 Å². The first-order valence-electron chi connectivity index (χ1n) is 5.62. The van der Waals surface area contributed by atoms with Crippen molar-refractivity contribution < 1.29 is 20.1 Å². The number of aliphatic hydroxyl groups excluding tert-OH is 3. The van der Waals surface area contributed by atoms with E-state index in [-0.39, 0.29) is 31.8 Å². The smallest absolute Gasteiger partial charge is 0.0578 e. The minimum atomic E-state index is -0.772. The highest BCUT2D eigenvalue weighted by molar-refractivity contribution is 4.85. The van der Waals surface area contributed by atoms with Crippen molar-refractivity contribution in [2.24, 2.45) is 11.3 Å². The molecular formula is C11H22O4. The molecular weight excluding hydrogens is 196 g/mol. The Hall–Kier alpha value is -0.160. The Bertz CT molecular complexity index is 165. The van der Waals surface area contributed by atoms with Gasteiger partial charge in [0.05, 0.1) is 25.9 Å². The molecule has 2 atom stereocenters. The molecule has 1 rings (SSSR count). The van der Waals surface area contributed by atoms with E-state index in [2.05, 4.69) is 0 Å². The molecule has 1 aliphatic heterocycles. The quantitative estimate of drug-likeness (QED) is 0.594. The molecule has 2 unspecified atom stereocenters. The summed E-state index contributed by atoms with van der Waals surface area (Å²) in [4.78, 5) is 0. The van der Waals surface area contributed by atoms with E-state index < -0.39 is 5.41 Å². The highest BCUT2D eigenvalue weighted by Gasteiger charge is 2.36. The first kappa shape index (κ1) is 12.9. The fourth-order valence-electron chi connectivity index (χ4n) is 2.09. The third-order valence-corrected chi connectivity index (χ3v) is 3.63. The van der Waals surface area contributed by atoms with E-state index in [9.17, 15) is 15.3 Å². The Morgan fingerprint density at radius 1 is 1.27 bits per heavy atom. The van der Waals surface area contributed by atoms with Crippen molar-refractivity contribution in [1.82, 2.24) is 0 Å². The first-order chi connectivity index (χ1) is 7.18. The molecule has 4 heteroatoms.